The number of pyridine rings is 1. The summed E-state index contributed by atoms with van der Waals surface area (Å²) in [7, 11) is 4.11. The number of ether oxygens (including phenoxy) is 1. The first-order valence-corrected chi connectivity index (χ1v) is 8.53. The zero-order chi connectivity index (χ0) is 17.7. The van der Waals surface area contributed by atoms with Gasteiger partial charge in [-0.2, -0.15) is 0 Å². The van der Waals surface area contributed by atoms with Gasteiger partial charge in [-0.3, -0.25) is 14.8 Å². The lowest BCUT2D eigenvalue weighted by Crippen LogP contribution is -2.44. The van der Waals surface area contributed by atoms with Crippen LogP contribution in [0.3, 0.4) is 0 Å². The molecule has 2 rings (SSSR count). The van der Waals surface area contributed by atoms with E-state index in [-0.39, 0.29) is 6.09 Å². The maximum atomic E-state index is 12.5. The number of carbonyl (C=O) groups excluding carboxylic acids is 1. The molecular formula is C18H30N4O2. The minimum atomic E-state index is -0.472. The third-order valence-electron chi connectivity index (χ3n) is 3.88. The third-order valence-corrected chi connectivity index (χ3v) is 3.88. The van der Waals surface area contributed by atoms with Crippen LogP contribution in [0, 0.1) is 0 Å². The molecule has 0 spiro atoms. The van der Waals surface area contributed by atoms with Crippen LogP contribution in [0.1, 0.15) is 32.2 Å². The Kier molecular flexibility index (Phi) is 6.18. The predicted octanol–water partition coefficient (Wildman–Crippen LogP) is 2.20. The smallest absolute Gasteiger partial charge is 0.410 e. The number of fused-ring (bicyclic) bond motifs is 2. The van der Waals surface area contributed by atoms with E-state index in [1.807, 2.05) is 25.7 Å². The first-order chi connectivity index (χ1) is 11.2. The van der Waals surface area contributed by atoms with Gasteiger partial charge in [-0.1, -0.05) is 6.07 Å². The molecule has 0 saturated carbocycles. The van der Waals surface area contributed by atoms with Gasteiger partial charge in [0.1, 0.15) is 5.60 Å². The lowest BCUT2D eigenvalue weighted by Gasteiger charge is -2.30. The first kappa shape index (κ1) is 18.7. The predicted molar refractivity (Wildman–Crippen MR) is 94.7 cm³/mol. The number of rotatable bonds is 0. The van der Waals surface area contributed by atoms with Gasteiger partial charge in [0.15, 0.2) is 0 Å². The van der Waals surface area contributed by atoms with Crippen LogP contribution in [-0.4, -0.2) is 71.7 Å². The van der Waals surface area contributed by atoms with Crippen LogP contribution in [0.15, 0.2) is 18.2 Å². The second-order valence-electron chi connectivity index (χ2n) is 7.56. The van der Waals surface area contributed by atoms with Crippen LogP contribution in [0.5, 0.6) is 0 Å². The van der Waals surface area contributed by atoms with Crippen molar-refractivity contribution < 1.29 is 9.53 Å². The summed E-state index contributed by atoms with van der Waals surface area (Å²) in [5.74, 6) is 0. The normalized spacial score (nSPS) is 18.6. The summed E-state index contributed by atoms with van der Waals surface area (Å²) in [4.78, 5) is 23.4. The van der Waals surface area contributed by atoms with Gasteiger partial charge >= 0.3 is 6.09 Å². The fourth-order valence-electron chi connectivity index (χ4n) is 2.62. The van der Waals surface area contributed by atoms with Crippen molar-refractivity contribution in [3.05, 3.63) is 29.6 Å². The molecule has 1 aliphatic rings. The molecule has 1 amide bonds. The Labute approximate surface area is 145 Å². The molecule has 1 aliphatic heterocycles. The van der Waals surface area contributed by atoms with E-state index in [0.29, 0.717) is 13.1 Å². The summed E-state index contributed by atoms with van der Waals surface area (Å²) >= 11 is 0. The highest BCUT2D eigenvalue weighted by Gasteiger charge is 2.23. The van der Waals surface area contributed by atoms with E-state index in [4.69, 9.17) is 9.72 Å². The van der Waals surface area contributed by atoms with Crippen LogP contribution in [0.4, 0.5) is 4.79 Å². The lowest BCUT2D eigenvalue weighted by molar-refractivity contribution is 0.0219. The summed E-state index contributed by atoms with van der Waals surface area (Å²) < 4.78 is 5.55. The summed E-state index contributed by atoms with van der Waals surface area (Å²) in [6.45, 7) is 10.1. The lowest BCUT2D eigenvalue weighted by atomic mass is 10.2. The second kappa shape index (κ2) is 7.94. The molecule has 0 aromatic carbocycles. The Balaban J connectivity index is 2.10. The molecule has 0 fully saturated rings. The highest BCUT2D eigenvalue weighted by atomic mass is 16.6. The van der Waals surface area contributed by atoms with E-state index in [0.717, 1.165) is 37.6 Å². The van der Waals surface area contributed by atoms with Gasteiger partial charge in [0.25, 0.3) is 0 Å². The van der Waals surface area contributed by atoms with Crippen molar-refractivity contribution in [1.82, 2.24) is 19.7 Å². The average molecular weight is 334 g/mol. The van der Waals surface area contributed by atoms with Gasteiger partial charge in [0.2, 0.25) is 0 Å². The summed E-state index contributed by atoms with van der Waals surface area (Å²) in [6.07, 6.45) is -0.238. The quantitative estimate of drug-likeness (QED) is 0.728. The number of hydrogen-bond donors (Lipinski definition) is 0. The first-order valence-electron chi connectivity index (χ1n) is 8.53. The van der Waals surface area contributed by atoms with Crippen LogP contribution in [0.2, 0.25) is 0 Å². The Morgan fingerprint density at radius 2 is 1.50 bits per heavy atom. The van der Waals surface area contributed by atoms with Gasteiger partial charge in [-0.15, -0.1) is 0 Å². The Morgan fingerprint density at radius 3 is 1.96 bits per heavy atom. The molecule has 134 valence electrons. The number of carbonyl (C=O) groups is 1. The zero-order valence-electron chi connectivity index (χ0n) is 15.6. The molecule has 0 saturated heterocycles. The SMILES string of the molecule is CN1CCN(C(=O)OC(C)(C)C)CCN(C)Cc2cccc(n2)C1. The summed E-state index contributed by atoms with van der Waals surface area (Å²) in [5, 5.41) is 0. The summed E-state index contributed by atoms with van der Waals surface area (Å²) in [6, 6.07) is 6.17. The molecule has 0 radical (unpaired) electrons. The van der Waals surface area contributed by atoms with Crippen molar-refractivity contribution in [2.75, 3.05) is 40.3 Å². The number of aromatic nitrogens is 1. The standard InChI is InChI=1S/C18H30N4O2/c1-18(2,3)24-17(23)22-11-9-20(4)13-15-7-6-8-16(19-15)14-21(5)10-12-22/h6-8H,9-14H2,1-5H3. The minimum absolute atomic E-state index is 0.238. The molecule has 1 aromatic rings. The Hall–Kier alpha value is -1.66. The van der Waals surface area contributed by atoms with Crippen molar-refractivity contribution in [2.24, 2.45) is 0 Å². The van der Waals surface area contributed by atoms with Crippen LogP contribution in [0.25, 0.3) is 0 Å². The summed E-state index contributed by atoms with van der Waals surface area (Å²) in [5.41, 5.74) is 1.65. The molecule has 0 N–H and O–H groups in total. The van der Waals surface area contributed by atoms with Crippen molar-refractivity contribution in [1.29, 1.82) is 0 Å². The zero-order valence-corrected chi connectivity index (χ0v) is 15.6. The Morgan fingerprint density at radius 1 is 1.00 bits per heavy atom. The van der Waals surface area contributed by atoms with Gasteiger partial charge in [-0.25, -0.2) is 4.79 Å². The molecule has 0 unspecified atom stereocenters. The van der Waals surface area contributed by atoms with Crippen LogP contribution >= 0.6 is 0 Å². The van der Waals surface area contributed by atoms with Crippen LogP contribution in [-0.2, 0) is 17.8 Å². The van der Waals surface area contributed by atoms with E-state index in [2.05, 4.69) is 42.1 Å². The second-order valence-corrected chi connectivity index (χ2v) is 7.56. The molecule has 2 heterocycles. The molecular weight excluding hydrogens is 304 g/mol. The van der Waals surface area contributed by atoms with Gasteiger partial charge in [0.05, 0.1) is 11.4 Å². The molecule has 24 heavy (non-hydrogen) atoms. The number of likely N-dealkylation sites (N-methyl/N-ethyl adjacent to an activating group) is 2. The molecule has 0 atom stereocenters. The molecule has 0 aliphatic carbocycles. The molecule has 6 heteroatoms. The van der Waals surface area contributed by atoms with E-state index in [1.54, 1.807) is 0 Å². The third kappa shape index (κ3) is 6.09. The molecule has 2 bridgehead atoms. The van der Waals surface area contributed by atoms with Gasteiger partial charge < -0.3 is 9.64 Å². The van der Waals surface area contributed by atoms with Gasteiger partial charge in [-0.05, 0) is 47.0 Å². The van der Waals surface area contributed by atoms with Crippen molar-refractivity contribution in [3.63, 3.8) is 0 Å². The molecule has 6 nitrogen and oxygen atoms in total. The highest BCUT2D eigenvalue weighted by Crippen LogP contribution is 2.11. The highest BCUT2D eigenvalue weighted by molar-refractivity contribution is 5.68. The van der Waals surface area contributed by atoms with E-state index >= 15 is 0 Å². The number of amides is 1. The topological polar surface area (TPSA) is 48.9 Å². The fraction of sp³-hybridized carbons (Fsp3) is 0.667. The van der Waals surface area contributed by atoms with Crippen molar-refractivity contribution in [2.45, 2.75) is 39.5 Å². The molecule has 1 aromatic heterocycles. The van der Waals surface area contributed by atoms with Crippen molar-refractivity contribution >= 4 is 6.09 Å². The van der Waals surface area contributed by atoms with E-state index < -0.39 is 5.60 Å². The minimum Gasteiger partial charge on any atom is -0.444 e. The Bertz CT molecular complexity index is 525. The fourth-order valence-corrected chi connectivity index (χ4v) is 2.62. The van der Waals surface area contributed by atoms with E-state index in [1.165, 1.54) is 0 Å². The average Bonchev–Trinajstić information content (AvgIpc) is 2.44. The monoisotopic (exact) mass is 334 g/mol. The number of hydrogen-bond acceptors (Lipinski definition) is 5. The largest absolute Gasteiger partial charge is 0.444 e. The van der Waals surface area contributed by atoms with Crippen LogP contribution < -0.4 is 0 Å². The maximum Gasteiger partial charge on any atom is 0.410 e. The van der Waals surface area contributed by atoms with Gasteiger partial charge in [0, 0.05) is 39.3 Å². The van der Waals surface area contributed by atoms with Crippen molar-refractivity contribution in [3.8, 4) is 0 Å². The maximum absolute atomic E-state index is 12.5. The number of nitrogens with zero attached hydrogens (tertiary/aromatic N) is 4. The van der Waals surface area contributed by atoms with E-state index in [9.17, 15) is 4.79 Å².